The number of hydrogen-bond acceptors (Lipinski definition) is 2. The van der Waals surface area contributed by atoms with Gasteiger partial charge in [-0.25, -0.2) is 4.39 Å². The highest BCUT2D eigenvalue weighted by molar-refractivity contribution is 5.26. The Morgan fingerprint density at radius 2 is 2.13 bits per heavy atom. The van der Waals surface area contributed by atoms with Gasteiger partial charge in [-0.3, -0.25) is 0 Å². The number of aryl methyl sites for hydroxylation is 1. The highest BCUT2D eigenvalue weighted by atomic mass is 19.1. The molecular weight excluding hydrogens is 193 g/mol. The van der Waals surface area contributed by atoms with Gasteiger partial charge in [-0.2, -0.15) is 0 Å². The van der Waals surface area contributed by atoms with Gasteiger partial charge in [0.05, 0.1) is 12.1 Å². The molecule has 0 aliphatic carbocycles. The molecule has 0 spiro atoms. The molecule has 2 unspecified atom stereocenters. The maximum absolute atomic E-state index is 13.3. The first-order valence-electron chi connectivity index (χ1n) is 5.19. The van der Waals surface area contributed by atoms with Crippen LogP contribution in [0.2, 0.25) is 0 Å². The van der Waals surface area contributed by atoms with Gasteiger partial charge in [-0.1, -0.05) is 12.1 Å². The molecule has 2 N–H and O–H groups in total. The van der Waals surface area contributed by atoms with Gasteiger partial charge < -0.3 is 10.5 Å². The molecule has 0 fully saturated rings. The summed E-state index contributed by atoms with van der Waals surface area (Å²) >= 11 is 0. The van der Waals surface area contributed by atoms with Crippen LogP contribution in [0.25, 0.3) is 0 Å². The number of ether oxygens (including phenoxy) is 1. The van der Waals surface area contributed by atoms with Crippen molar-refractivity contribution in [1.29, 1.82) is 0 Å². The van der Waals surface area contributed by atoms with Crippen LogP contribution in [-0.4, -0.2) is 12.7 Å². The molecular formula is C12H18FNO. The fraction of sp³-hybridized carbons (Fsp3) is 0.500. The summed E-state index contributed by atoms with van der Waals surface area (Å²) in [7, 11) is 0. The summed E-state index contributed by atoms with van der Waals surface area (Å²) in [5, 5.41) is 0. The lowest BCUT2D eigenvalue weighted by atomic mass is 10.0. The number of rotatable bonds is 4. The number of benzene rings is 1. The predicted molar refractivity (Wildman–Crippen MR) is 59.2 cm³/mol. The highest BCUT2D eigenvalue weighted by Crippen LogP contribution is 2.19. The SMILES string of the molecule is CCOC(C)C(N)c1ccc(C)c(F)c1. The molecule has 1 rings (SSSR count). The standard InChI is InChI=1S/C12H18FNO/c1-4-15-9(3)12(14)10-6-5-8(2)11(13)7-10/h5-7,9,12H,4,14H2,1-3H3. The second-order valence-corrected chi connectivity index (χ2v) is 3.69. The summed E-state index contributed by atoms with van der Waals surface area (Å²) in [5.74, 6) is -0.216. The second kappa shape index (κ2) is 5.24. The largest absolute Gasteiger partial charge is 0.377 e. The first-order chi connectivity index (χ1) is 7.06. The smallest absolute Gasteiger partial charge is 0.126 e. The zero-order valence-corrected chi connectivity index (χ0v) is 9.46. The van der Waals surface area contributed by atoms with E-state index in [4.69, 9.17) is 10.5 Å². The molecule has 0 saturated heterocycles. The Labute approximate surface area is 90.2 Å². The van der Waals surface area contributed by atoms with Gasteiger partial charge in [0.1, 0.15) is 5.82 Å². The molecule has 2 atom stereocenters. The van der Waals surface area contributed by atoms with Gasteiger partial charge in [0.2, 0.25) is 0 Å². The van der Waals surface area contributed by atoms with Gasteiger partial charge in [-0.15, -0.1) is 0 Å². The van der Waals surface area contributed by atoms with E-state index in [2.05, 4.69) is 0 Å². The molecule has 84 valence electrons. The monoisotopic (exact) mass is 211 g/mol. The van der Waals surface area contributed by atoms with Crippen LogP contribution in [-0.2, 0) is 4.74 Å². The summed E-state index contributed by atoms with van der Waals surface area (Å²) in [4.78, 5) is 0. The van der Waals surface area contributed by atoms with Crippen molar-refractivity contribution in [2.75, 3.05) is 6.61 Å². The first-order valence-corrected chi connectivity index (χ1v) is 5.19. The molecule has 1 aromatic rings. The van der Waals surface area contributed by atoms with Crippen LogP contribution < -0.4 is 5.73 Å². The van der Waals surface area contributed by atoms with E-state index in [0.29, 0.717) is 12.2 Å². The van der Waals surface area contributed by atoms with Crippen molar-refractivity contribution < 1.29 is 9.13 Å². The molecule has 0 aliphatic rings. The molecule has 0 radical (unpaired) electrons. The Bertz CT molecular complexity index is 327. The minimum absolute atomic E-state index is 0.0999. The van der Waals surface area contributed by atoms with Crippen molar-refractivity contribution in [1.82, 2.24) is 0 Å². The summed E-state index contributed by atoms with van der Waals surface area (Å²) in [6.45, 7) is 6.16. The van der Waals surface area contributed by atoms with E-state index in [9.17, 15) is 4.39 Å². The third kappa shape index (κ3) is 3.01. The molecule has 0 aromatic heterocycles. The van der Waals surface area contributed by atoms with Gasteiger partial charge in [0.25, 0.3) is 0 Å². The van der Waals surface area contributed by atoms with Crippen LogP contribution in [0.5, 0.6) is 0 Å². The minimum atomic E-state index is -0.278. The molecule has 3 heteroatoms. The quantitative estimate of drug-likeness (QED) is 0.830. The highest BCUT2D eigenvalue weighted by Gasteiger charge is 2.15. The van der Waals surface area contributed by atoms with Crippen molar-refractivity contribution in [3.8, 4) is 0 Å². The predicted octanol–water partition coefficient (Wildman–Crippen LogP) is 2.56. The normalized spacial score (nSPS) is 15.0. The van der Waals surface area contributed by atoms with E-state index < -0.39 is 0 Å². The number of nitrogens with two attached hydrogens (primary N) is 1. The minimum Gasteiger partial charge on any atom is -0.377 e. The zero-order valence-electron chi connectivity index (χ0n) is 9.46. The third-order valence-corrected chi connectivity index (χ3v) is 2.52. The van der Waals surface area contributed by atoms with Crippen molar-refractivity contribution in [3.63, 3.8) is 0 Å². The van der Waals surface area contributed by atoms with Gasteiger partial charge in [0.15, 0.2) is 0 Å². The van der Waals surface area contributed by atoms with Crippen LogP contribution in [0.3, 0.4) is 0 Å². The zero-order chi connectivity index (χ0) is 11.4. The van der Waals surface area contributed by atoms with Crippen molar-refractivity contribution in [2.45, 2.75) is 32.9 Å². The summed E-state index contributed by atoms with van der Waals surface area (Å²) < 4.78 is 18.7. The van der Waals surface area contributed by atoms with Gasteiger partial charge in [-0.05, 0) is 38.0 Å². The summed E-state index contributed by atoms with van der Waals surface area (Å²) in [6.07, 6.45) is -0.0999. The average molecular weight is 211 g/mol. The molecule has 1 aromatic carbocycles. The van der Waals surface area contributed by atoms with Gasteiger partial charge >= 0.3 is 0 Å². The Morgan fingerprint density at radius 3 is 2.67 bits per heavy atom. The van der Waals surface area contributed by atoms with E-state index in [1.165, 1.54) is 6.07 Å². The summed E-state index contributed by atoms with van der Waals surface area (Å²) in [5.41, 5.74) is 7.36. The molecule has 2 nitrogen and oxygen atoms in total. The Balaban J connectivity index is 2.81. The van der Waals surface area contributed by atoms with E-state index in [-0.39, 0.29) is 18.0 Å². The molecule has 0 bridgehead atoms. The van der Waals surface area contributed by atoms with E-state index in [1.54, 1.807) is 13.0 Å². The first kappa shape index (κ1) is 12.1. The molecule has 0 saturated carbocycles. The van der Waals surface area contributed by atoms with Crippen LogP contribution in [0.1, 0.15) is 31.0 Å². The van der Waals surface area contributed by atoms with Crippen LogP contribution in [0.4, 0.5) is 4.39 Å². The van der Waals surface area contributed by atoms with Crippen LogP contribution in [0.15, 0.2) is 18.2 Å². The lowest BCUT2D eigenvalue weighted by Gasteiger charge is -2.20. The van der Waals surface area contributed by atoms with Gasteiger partial charge in [0, 0.05) is 6.61 Å². The molecule has 0 heterocycles. The average Bonchev–Trinajstić information content (AvgIpc) is 2.21. The Kier molecular flexibility index (Phi) is 4.24. The maximum atomic E-state index is 13.3. The third-order valence-electron chi connectivity index (χ3n) is 2.52. The number of halogens is 1. The van der Waals surface area contributed by atoms with E-state index in [1.807, 2.05) is 19.9 Å². The van der Waals surface area contributed by atoms with Crippen molar-refractivity contribution >= 4 is 0 Å². The molecule has 15 heavy (non-hydrogen) atoms. The van der Waals surface area contributed by atoms with Crippen molar-refractivity contribution in [2.24, 2.45) is 5.73 Å². The second-order valence-electron chi connectivity index (χ2n) is 3.69. The lowest BCUT2D eigenvalue weighted by molar-refractivity contribution is 0.0574. The van der Waals surface area contributed by atoms with E-state index in [0.717, 1.165) is 5.56 Å². The van der Waals surface area contributed by atoms with Crippen LogP contribution >= 0.6 is 0 Å². The fourth-order valence-corrected chi connectivity index (χ4v) is 1.45. The van der Waals surface area contributed by atoms with E-state index >= 15 is 0 Å². The molecule has 0 aliphatic heterocycles. The molecule has 0 amide bonds. The van der Waals surface area contributed by atoms with Crippen molar-refractivity contribution in [3.05, 3.63) is 35.1 Å². The fourth-order valence-electron chi connectivity index (χ4n) is 1.45. The van der Waals surface area contributed by atoms with Crippen LogP contribution in [0, 0.1) is 12.7 Å². The lowest BCUT2D eigenvalue weighted by Crippen LogP contribution is -2.26. The maximum Gasteiger partial charge on any atom is 0.126 e. The Morgan fingerprint density at radius 1 is 1.47 bits per heavy atom. The number of hydrogen-bond donors (Lipinski definition) is 1. The summed E-state index contributed by atoms with van der Waals surface area (Å²) in [6, 6.07) is 4.79. The Hall–Kier alpha value is -0.930. The topological polar surface area (TPSA) is 35.2 Å².